The predicted octanol–water partition coefficient (Wildman–Crippen LogP) is 5.13. The minimum atomic E-state index is -3.86. The van der Waals surface area contributed by atoms with Crippen LogP contribution < -0.4 is 14.4 Å². The van der Waals surface area contributed by atoms with Gasteiger partial charge in [0.2, 0.25) is 10.0 Å². The molecule has 5 rings (SSSR count). The average Bonchev–Trinajstić information content (AvgIpc) is 3.57. The molecule has 9 nitrogen and oxygen atoms in total. The Morgan fingerprint density at radius 3 is 2.05 bits per heavy atom. The van der Waals surface area contributed by atoms with Crippen molar-refractivity contribution in [3.05, 3.63) is 114 Å². The minimum Gasteiger partial charge on any atom is -0.495 e. The van der Waals surface area contributed by atoms with Gasteiger partial charge in [0.05, 0.1) is 34.8 Å². The molecule has 42 heavy (non-hydrogen) atoms. The van der Waals surface area contributed by atoms with Crippen LogP contribution >= 0.6 is 0 Å². The van der Waals surface area contributed by atoms with Gasteiger partial charge in [0.25, 0.3) is 15.9 Å². The molecule has 1 aliphatic rings. The van der Waals surface area contributed by atoms with Gasteiger partial charge in [0.1, 0.15) is 5.75 Å². The third kappa shape index (κ3) is 6.18. The van der Waals surface area contributed by atoms with Crippen molar-refractivity contribution in [3.8, 4) is 5.75 Å². The summed E-state index contributed by atoms with van der Waals surface area (Å²) in [4.78, 5) is 13.4. The topological polar surface area (TPSA) is 113 Å². The van der Waals surface area contributed by atoms with E-state index in [1.165, 1.54) is 33.9 Å². The van der Waals surface area contributed by atoms with Crippen LogP contribution in [-0.2, 0) is 26.6 Å². The molecule has 11 heteroatoms. The summed E-state index contributed by atoms with van der Waals surface area (Å²) >= 11 is 0. The van der Waals surface area contributed by atoms with Crippen molar-refractivity contribution in [2.45, 2.75) is 29.2 Å². The largest absolute Gasteiger partial charge is 0.495 e. The third-order valence-corrected chi connectivity index (χ3v) is 10.7. The maximum atomic E-state index is 13.6. The Labute approximate surface area is 246 Å². The number of nitrogens with zero attached hydrogens (tertiary/aromatic N) is 2. The van der Waals surface area contributed by atoms with Crippen LogP contribution in [0, 0.1) is 0 Å². The van der Waals surface area contributed by atoms with E-state index in [0.717, 1.165) is 12.8 Å². The summed E-state index contributed by atoms with van der Waals surface area (Å²) in [6, 6.07) is 28.0. The monoisotopic (exact) mass is 605 g/mol. The highest BCUT2D eigenvalue weighted by Gasteiger charge is 2.28. The molecule has 1 N–H and O–H groups in total. The SMILES string of the molecule is COc1ccc(S(=O)(=O)N2CCCC2)cc1NC(=O)c1ccc(CN(c2ccccc2)S(=O)(=O)c2ccccc2)cc1. The molecule has 218 valence electrons. The summed E-state index contributed by atoms with van der Waals surface area (Å²) in [5, 5.41) is 2.76. The van der Waals surface area contributed by atoms with Crippen molar-refractivity contribution in [2.24, 2.45) is 0 Å². The number of hydrogen-bond donors (Lipinski definition) is 1. The summed E-state index contributed by atoms with van der Waals surface area (Å²) < 4.78 is 61.4. The molecule has 1 aliphatic heterocycles. The molecule has 0 saturated carbocycles. The summed E-state index contributed by atoms with van der Waals surface area (Å²) in [5.41, 5.74) is 1.73. The minimum absolute atomic E-state index is 0.0490. The second-order valence-corrected chi connectivity index (χ2v) is 13.6. The Kier molecular flexibility index (Phi) is 8.62. The molecule has 1 heterocycles. The number of anilines is 2. The van der Waals surface area contributed by atoms with Crippen LogP contribution in [0.2, 0.25) is 0 Å². The first kappa shape index (κ1) is 29.3. The van der Waals surface area contributed by atoms with Crippen LogP contribution in [0.15, 0.2) is 113 Å². The lowest BCUT2D eigenvalue weighted by molar-refractivity contribution is 0.102. The second kappa shape index (κ2) is 12.4. The Hall–Kier alpha value is -4.19. The van der Waals surface area contributed by atoms with Gasteiger partial charge in [-0.05, 0) is 73.0 Å². The van der Waals surface area contributed by atoms with Crippen molar-refractivity contribution in [1.82, 2.24) is 4.31 Å². The number of carbonyl (C=O) groups is 1. The molecule has 4 aromatic carbocycles. The van der Waals surface area contributed by atoms with Crippen molar-refractivity contribution in [3.63, 3.8) is 0 Å². The van der Waals surface area contributed by atoms with Crippen LogP contribution in [0.4, 0.5) is 11.4 Å². The van der Waals surface area contributed by atoms with Crippen molar-refractivity contribution >= 4 is 37.3 Å². The van der Waals surface area contributed by atoms with E-state index in [1.54, 1.807) is 78.9 Å². The molecule has 1 saturated heterocycles. The molecule has 4 aromatic rings. The van der Waals surface area contributed by atoms with Crippen LogP contribution in [-0.4, -0.2) is 47.2 Å². The van der Waals surface area contributed by atoms with E-state index in [4.69, 9.17) is 4.74 Å². The number of amides is 1. The third-order valence-electron chi connectivity index (χ3n) is 7.04. The molecule has 0 bridgehead atoms. The maximum Gasteiger partial charge on any atom is 0.264 e. The van der Waals surface area contributed by atoms with E-state index in [0.29, 0.717) is 35.7 Å². The lowest BCUT2D eigenvalue weighted by Crippen LogP contribution is -2.30. The standard InChI is InChI=1S/C31H31N3O6S2/c1-40-30-19-18-28(41(36,37)33-20-8-9-21-33)22-29(30)32-31(35)25-16-14-24(15-17-25)23-34(26-10-4-2-5-11-26)42(38,39)27-12-6-3-7-13-27/h2-7,10-19,22H,8-9,20-21,23H2,1H3,(H,32,35). The molecular weight excluding hydrogens is 574 g/mol. The number of benzene rings is 4. The molecule has 0 spiro atoms. The fraction of sp³-hybridized carbons (Fsp3) is 0.194. The molecular formula is C31H31N3O6S2. The summed E-state index contributed by atoms with van der Waals surface area (Å²) in [5.74, 6) is -0.141. The quantitative estimate of drug-likeness (QED) is 0.268. The predicted molar refractivity (Wildman–Crippen MR) is 162 cm³/mol. The Morgan fingerprint density at radius 1 is 0.810 bits per heavy atom. The van der Waals surface area contributed by atoms with E-state index < -0.39 is 26.0 Å². The highest BCUT2D eigenvalue weighted by atomic mass is 32.2. The van der Waals surface area contributed by atoms with Gasteiger partial charge in [-0.3, -0.25) is 9.10 Å². The van der Waals surface area contributed by atoms with E-state index >= 15 is 0 Å². The number of sulfonamides is 2. The van der Waals surface area contributed by atoms with E-state index in [1.807, 2.05) is 6.07 Å². The lowest BCUT2D eigenvalue weighted by Gasteiger charge is -2.25. The first-order valence-corrected chi connectivity index (χ1v) is 16.3. The zero-order valence-corrected chi connectivity index (χ0v) is 24.6. The molecule has 0 aromatic heterocycles. The molecule has 0 unspecified atom stereocenters. The van der Waals surface area contributed by atoms with Gasteiger partial charge in [-0.15, -0.1) is 0 Å². The number of ether oxygens (including phenoxy) is 1. The first-order valence-electron chi connectivity index (χ1n) is 13.4. The van der Waals surface area contributed by atoms with Crippen molar-refractivity contribution in [1.29, 1.82) is 0 Å². The molecule has 1 amide bonds. The number of methoxy groups -OCH3 is 1. The van der Waals surface area contributed by atoms with Gasteiger partial charge in [0, 0.05) is 18.7 Å². The van der Waals surface area contributed by atoms with Crippen molar-refractivity contribution in [2.75, 3.05) is 29.8 Å². The Morgan fingerprint density at radius 2 is 1.43 bits per heavy atom. The van der Waals surface area contributed by atoms with E-state index in [-0.39, 0.29) is 22.0 Å². The number of nitrogens with one attached hydrogen (secondary N) is 1. The highest BCUT2D eigenvalue weighted by Crippen LogP contribution is 2.31. The zero-order valence-electron chi connectivity index (χ0n) is 23.0. The molecule has 0 radical (unpaired) electrons. The van der Waals surface area contributed by atoms with Gasteiger partial charge >= 0.3 is 0 Å². The maximum absolute atomic E-state index is 13.6. The average molecular weight is 606 g/mol. The van der Waals surface area contributed by atoms with Gasteiger partial charge in [-0.1, -0.05) is 48.5 Å². The highest BCUT2D eigenvalue weighted by molar-refractivity contribution is 7.92. The number of carbonyl (C=O) groups excluding carboxylic acids is 1. The van der Waals surface area contributed by atoms with Gasteiger partial charge in [-0.25, -0.2) is 16.8 Å². The zero-order chi connectivity index (χ0) is 29.7. The van der Waals surface area contributed by atoms with Crippen LogP contribution in [0.25, 0.3) is 0 Å². The number of hydrogen-bond acceptors (Lipinski definition) is 6. The molecule has 0 atom stereocenters. The Bertz CT molecular complexity index is 1760. The van der Waals surface area contributed by atoms with Crippen molar-refractivity contribution < 1.29 is 26.4 Å². The summed E-state index contributed by atoms with van der Waals surface area (Å²) in [6.07, 6.45) is 1.63. The van der Waals surface area contributed by atoms with Crippen LogP contribution in [0.5, 0.6) is 5.75 Å². The normalized spacial score (nSPS) is 13.9. The Balaban J connectivity index is 1.37. The van der Waals surface area contributed by atoms with E-state index in [2.05, 4.69) is 5.32 Å². The molecule has 1 fully saturated rings. The summed E-state index contributed by atoms with van der Waals surface area (Å²) in [7, 11) is -6.11. The van der Waals surface area contributed by atoms with Crippen LogP contribution in [0.3, 0.4) is 0 Å². The van der Waals surface area contributed by atoms with Gasteiger partial charge < -0.3 is 10.1 Å². The lowest BCUT2D eigenvalue weighted by atomic mass is 10.1. The smallest absolute Gasteiger partial charge is 0.264 e. The molecule has 0 aliphatic carbocycles. The number of rotatable bonds is 10. The number of para-hydroxylation sites is 1. The second-order valence-electron chi connectivity index (χ2n) is 9.78. The van der Waals surface area contributed by atoms with E-state index in [9.17, 15) is 21.6 Å². The fourth-order valence-electron chi connectivity index (χ4n) is 4.77. The first-order chi connectivity index (χ1) is 20.2. The van der Waals surface area contributed by atoms with Gasteiger partial charge in [-0.2, -0.15) is 4.31 Å². The summed E-state index contributed by atoms with van der Waals surface area (Å²) in [6.45, 7) is 0.987. The van der Waals surface area contributed by atoms with Gasteiger partial charge in [0.15, 0.2) is 0 Å². The van der Waals surface area contributed by atoms with Crippen LogP contribution in [0.1, 0.15) is 28.8 Å². The fourth-order valence-corrected chi connectivity index (χ4v) is 7.79.